The molecule has 1 unspecified atom stereocenters. The SMILES string of the molecule is c1ccc2c(c1)-c1ccccc1C21c2cccc3c2C2(c4c1ccc1c5ccccc5n5c6ccccc6[n+]2c5c41)[n+]1ccccc1-3. The normalized spacial score (nSPS) is 18.0. The van der Waals surface area contributed by atoms with Gasteiger partial charge in [-0.05, 0) is 63.7 Å². The summed E-state index contributed by atoms with van der Waals surface area (Å²) in [5, 5.41) is 3.98. The molecule has 3 nitrogen and oxygen atoms in total. The zero-order valence-corrected chi connectivity index (χ0v) is 25.3. The number of para-hydroxylation sites is 3. The van der Waals surface area contributed by atoms with Gasteiger partial charge in [-0.3, -0.25) is 0 Å². The molecule has 2 aliphatic heterocycles. The first-order valence-electron chi connectivity index (χ1n) is 16.5. The van der Waals surface area contributed by atoms with Crippen LogP contribution >= 0.6 is 0 Å². The predicted molar refractivity (Wildman–Crippen MR) is 185 cm³/mol. The first kappa shape index (κ1) is 23.3. The van der Waals surface area contributed by atoms with Gasteiger partial charge in [-0.25, -0.2) is 0 Å². The maximum atomic E-state index is 2.70. The Morgan fingerprint density at radius 2 is 1.13 bits per heavy atom. The number of imidazole rings is 1. The molecule has 5 heterocycles. The molecule has 0 saturated heterocycles. The van der Waals surface area contributed by atoms with Crippen molar-refractivity contribution in [2.24, 2.45) is 0 Å². The van der Waals surface area contributed by atoms with Crippen LogP contribution in [-0.4, -0.2) is 4.40 Å². The highest BCUT2D eigenvalue weighted by atomic mass is 15.3. The van der Waals surface area contributed by atoms with E-state index in [2.05, 4.69) is 165 Å². The van der Waals surface area contributed by atoms with Crippen LogP contribution in [0.25, 0.3) is 60.7 Å². The lowest BCUT2D eigenvalue weighted by Crippen LogP contribution is -2.73. The zero-order chi connectivity index (χ0) is 30.2. The van der Waals surface area contributed by atoms with E-state index in [1.807, 2.05) is 0 Å². The molecule has 0 fully saturated rings. The Balaban J connectivity index is 1.40. The molecule has 6 aromatic carbocycles. The number of aromatic nitrogens is 3. The van der Waals surface area contributed by atoms with Crippen molar-refractivity contribution >= 4 is 38.4 Å². The lowest BCUT2D eigenvalue weighted by molar-refractivity contribution is -0.940. The fourth-order valence-corrected chi connectivity index (χ4v) is 10.7. The Hall–Kier alpha value is -6.06. The summed E-state index contributed by atoms with van der Waals surface area (Å²) in [6.45, 7) is 0. The van der Waals surface area contributed by atoms with E-state index in [1.54, 1.807) is 0 Å². The molecule has 214 valence electrons. The maximum Gasteiger partial charge on any atom is 0.365 e. The summed E-state index contributed by atoms with van der Waals surface area (Å²) in [4.78, 5) is 0. The fraction of sp³-hybridized carbons (Fsp3) is 0.0455. The van der Waals surface area contributed by atoms with Gasteiger partial charge in [0.1, 0.15) is 5.52 Å². The topological polar surface area (TPSA) is 12.2 Å². The molecule has 0 amide bonds. The van der Waals surface area contributed by atoms with Crippen LogP contribution in [0.5, 0.6) is 0 Å². The highest BCUT2D eigenvalue weighted by Crippen LogP contribution is 2.65. The summed E-state index contributed by atoms with van der Waals surface area (Å²) < 4.78 is 7.85. The van der Waals surface area contributed by atoms with Gasteiger partial charge in [-0.1, -0.05) is 103 Å². The lowest BCUT2D eigenvalue weighted by atomic mass is 9.58. The van der Waals surface area contributed by atoms with Crippen LogP contribution in [0.3, 0.4) is 0 Å². The molecule has 2 spiro atoms. The number of nitrogens with zero attached hydrogens (tertiary/aromatic N) is 3. The van der Waals surface area contributed by atoms with Crippen LogP contribution in [0, 0.1) is 0 Å². The number of benzene rings is 6. The fourth-order valence-electron chi connectivity index (χ4n) is 10.7. The minimum absolute atomic E-state index is 0.448. The molecule has 2 aliphatic carbocycles. The van der Waals surface area contributed by atoms with Gasteiger partial charge in [0, 0.05) is 22.9 Å². The summed E-state index contributed by atoms with van der Waals surface area (Å²) in [6.07, 6.45) is 2.33. The van der Waals surface area contributed by atoms with E-state index in [-0.39, 0.29) is 0 Å². The molecular formula is C44H25N3+2. The van der Waals surface area contributed by atoms with E-state index in [4.69, 9.17) is 0 Å². The van der Waals surface area contributed by atoms with Crippen molar-refractivity contribution in [3.8, 4) is 22.4 Å². The van der Waals surface area contributed by atoms with Gasteiger partial charge in [-0.2, -0.15) is 4.40 Å². The molecule has 0 radical (unpaired) electrons. The van der Waals surface area contributed by atoms with Gasteiger partial charge >= 0.3 is 11.3 Å². The van der Waals surface area contributed by atoms with Crippen molar-refractivity contribution in [2.75, 3.05) is 0 Å². The number of hydrogen-bond acceptors (Lipinski definition) is 0. The Morgan fingerprint density at radius 3 is 1.98 bits per heavy atom. The molecule has 3 heteroatoms. The van der Waals surface area contributed by atoms with Gasteiger partial charge in [0.05, 0.1) is 27.5 Å². The minimum Gasteiger partial charge on any atom is -0.187 e. The van der Waals surface area contributed by atoms with Crippen molar-refractivity contribution < 1.29 is 9.13 Å². The molecule has 4 aliphatic rings. The van der Waals surface area contributed by atoms with Crippen molar-refractivity contribution in [1.29, 1.82) is 0 Å². The first-order valence-corrected chi connectivity index (χ1v) is 16.5. The van der Waals surface area contributed by atoms with E-state index < -0.39 is 11.1 Å². The van der Waals surface area contributed by atoms with Gasteiger partial charge in [0.2, 0.25) is 5.69 Å². The Labute approximate surface area is 269 Å². The molecule has 0 N–H and O–H groups in total. The van der Waals surface area contributed by atoms with Crippen molar-refractivity contribution in [3.05, 3.63) is 185 Å². The van der Waals surface area contributed by atoms with Gasteiger partial charge in [-0.15, -0.1) is 9.13 Å². The second-order valence-electron chi connectivity index (χ2n) is 13.6. The second kappa shape index (κ2) is 7.32. The van der Waals surface area contributed by atoms with E-state index in [1.165, 1.54) is 94.1 Å². The quantitative estimate of drug-likeness (QED) is 0.124. The van der Waals surface area contributed by atoms with Gasteiger partial charge < -0.3 is 0 Å². The maximum absolute atomic E-state index is 2.70. The van der Waals surface area contributed by atoms with Crippen molar-refractivity contribution in [1.82, 2.24) is 4.40 Å². The zero-order valence-electron chi connectivity index (χ0n) is 25.3. The van der Waals surface area contributed by atoms with Gasteiger partial charge in [0.15, 0.2) is 17.2 Å². The Bertz CT molecular complexity index is 2940. The van der Waals surface area contributed by atoms with Crippen LogP contribution in [0.4, 0.5) is 0 Å². The van der Waals surface area contributed by atoms with Crippen LogP contribution in [-0.2, 0) is 11.1 Å². The molecule has 0 saturated carbocycles. The van der Waals surface area contributed by atoms with Crippen LogP contribution in [0.2, 0.25) is 0 Å². The average molecular weight is 596 g/mol. The number of rotatable bonds is 0. The van der Waals surface area contributed by atoms with E-state index >= 15 is 0 Å². The molecule has 13 rings (SSSR count). The minimum atomic E-state index is -0.580. The highest BCUT2D eigenvalue weighted by molar-refractivity contribution is 6.16. The van der Waals surface area contributed by atoms with Crippen molar-refractivity contribution in [3.63, 3.8) is 0 Å². The first-order chi connectivity index (χ1) is 23.4. The van der Waals surface area contributed by atoms with E-state index in [0.717, 1.165) is 0 Å². The summed E-state index contributed by atoms with van der Waals surface area (Å²) in [5.41, 5.74) is 17.6. The van der Waals surface area contributed by atoms with E-state index in [9.17, 15) is 0 Å². The number of pyridine rings is 2. The molecule has 9 aromatic rings. The monoisotopic (exact) mass is 595 g/mol. The second-order valence-corrected chi connectivity index (χ2v) is 13.6. The van der Waals surface area contributed by atoms with Gasteiger partial charge in [0.25, 0.3) is 0 Å². The van der Waals surface area contributed by atoms with Crippen molar-refractivity contribution in [2.45, 2.75) is 11.1 Å². The van der Waals surface area contributed by atoms with Crippen LogP contribution < -0.4 is 9.13 Å². The molecule has 47 heavy (non-hydrogen) atoms. The number of fused-ring (bicyclic) bond motifs is 15. The summed E-state index contributed by atoms with van der Waals surface area (Å²) in [7, 11) is 0. The standard InChI is InChI=1S/C44H25N3/c1-4-16-31-26(12-1)27-13-2-5-17-32(27)43(31)33-18-11-15-30-35-19-9-10-25-45(35)44(40(30)33)41-34(43)24-23-29-28-14-3-6-20-36(28)46-37-21-7-8-22-38(37)47(44)42(46)39(29)41/h1-25H/q+2. The Kier molecular flexibility index (Phi) is 3.63. The smallest absolute Gasteiger partial charge is 0.187 e. The third-order valence-electron chi connectivity index (χ3n) is 12.0. The molecule has 3 aromatic heterocycles. The largest absolute Gasteiger partial charge is 0.365 e. The molecule has 0 bridgehead atoms. The third kappa shape index (κ3) is 2.14. The highest BCUT2D eigenvalue weighted by Gasteiger charge is 2.71. The van der Waals surface area contributed by atoms with Crippen LogP contribution in [0.15, 0.2) is 152 Å². The summed E-state index contributed by atoms with van der Waals surface area (Å²) in [6, 6.07) is 55.1. The molecular weight excluding hydrogens is 571 g/mol. The lowest BCUT2D eigenvalue weighted by Gasteiger charge is -2.42. The summed E-state index contributed by atoms with van der Waals surface area (Å²) >= 11 is 0. The molecule has 1 atom stereocenters. The Morgan fingerprint density at radius 1 is 0.468 bits per heavy atom. The number of hydrogen-bond donors (Lipinski definition) is 0. The third-order valence-corrected chi connectivity index (χ3v) is 12.0. The van der Waals surface area contributed by atoms with E-state index in [0.29, 0.717) is 0 Å². The van der Waals surface area contributed by atoms with Crippen LogP contribution in [0.1, 0.15) is 33.4 Å². The average Bonchev–Trinajstić information content (AvgIpc) is 3.83. The predicted octanol–water partition coefficient (Wildman–Crippen LogP) is 8.24. The summed E-state index contributed by atoms with van der Waals surface area (Å²) in [5.74, 6) is 0.